The van der Waals surface area contributed by atoms with Crippen LogP contribution in [0.3, 0.4) is 0 Å². The number of hydrogen-bond donors (Lipinski definition) is 1. The fraction of sp³-hybridized carbons (Fsp3) is 1.00. The van der Waals surface area contributed by atoms with Gasteiger partial charge >= 0.3 is 0 Å². The van der Waals surface area contributed by atoms with Gasteiger partial charge < -0.3 is 4.90 Å². The number of rotatable bonds is 5. The van der Waals surface area contributed by atoms with Gasteiger partial charge in [0.05, 0.1) is 11.5 Å². The standard InChI is InChI=1S/C12H25NO2S2/c1-3-12(4-2,11-16)10-13-6-5-8-17(14,15)9-7-13/h16H,3-11H2,1-2H3. The fourth-order valence-corrected chi connectivity index (χ4v) is 4.23. The first-order valence-electron chi connectivity index (χ1n) is 6.50. The third-order valence-corrected chi connectivity index (χ3v) is 6.43. The highest BCUT2D eigenvalue weighted by atomic mass is 32.2. The average molecular weight is 279 g/mol. The molecule has 1 fully saturated rings. The highest BCUT2D eigenvalue weighted by Crippen LogP contribution is 2.29. The lowest BCUT2D eigenvalue weighted by molar-refractivity contribution is 0.166. The number of sulfone groups is 1. The first-order valence-corrected chi connectivity index (χ1v) is 8.96. The van der Waals surface area contributed by atoms with Gasteiger partial charge in [-0.15, -0.1) is 0 Å². The molecule has 0 spiro atoms. The molecule has 0 aromatic heterocycles. The van der Waals surface area contributed by atoms with Crippen molar-refractivity contribution in [2.24, 2.45) is 5.41 Å². The van der Waals surface area contributed by atoms with E-state index in [1.807, 2.05) is 0 Å². The van der Waals surface area contributed by atoms with Gasteiger partial charge in [0, 0.05) is 13.1 Å². The van der Waals surface area contributed by atoms with Crippen molar-refractivity contribution in [3.05, 3.63) is 0 Å². The first kappa shape index (κ1) is 15.3. The van der Waals surface area contributed by atoms with Gasteiger partial charge in [-0.2, -0.15) is 12.6 Å². The van der Waals surface area contributed by atoms with Crippen molar-refractivity contribution in [2.75, 3.05) is 36.9 Å². The Labute approximate surface area is 111 Å². The summed E-state index contributed by atoms with van der Waals surface area (Å²) in [5.41, 5.74) is 0.247. The van der Waals surface area contributed by atoms with Gasteiger partial charge in [-0.3, -0.25) is 0 Å². The van der Waals surface area contributed by atoms with Crippen molar-refractivity contribution >= 4 is 22.5 Å². The molecule has 0 aromatic rings. The third-order valence-electron chi connectivity index (χ3n) is 4.04. The molecule has 0 saturated carbocycles. The van der Waals surface area contributed by atoms with Gasteiger partial charge in [0.1, 0.15) is 0 Å². The summed E-state index contributed by atoms with van der Waals surface area (Å²) in [6.45, 7) is 6.99. The Balaban J connectivity index is 2.62. The van der Waals surface area contributed by atoms with Crippen LogP contribution in [0.5, 0.6) is 0 Å². The molecule has 0 aromatic carbocycles. The van der Waals surface area contributed by atoms with E-state index >= 15 is 0 Å². The molecule has 17 heavy (non-hydrogen) atoms. The summed E-state index contributed by atoms with van der Waals surface area (Å²) in [5.74, 6) is 1.56. The summed E-state index contributed by atoms with van der Waals surface area (Å²) in [5, 5.41) is 0. The predicted octanol–water partition coefficient (Wildman–Crippen LogP) is 1.84. The normalized spacial score (nSPS) is 22.3. The van der Waals surface area contributed by atoms with Crippen molar-refractivity contribution in [1.29, 1.82) is 0 Å². The lowest BCUT2D eigenvalue weighted by atomic mass is 9.84. The van der Waals surface area contributed by atoms with E-state index in [9.17, 15) is 8.42 Å². The molecule has 1 aliphatic rings. The molecule has 5 heteroatoms. The van der Waals surface area contributed by atoms with E-state index < -0.39 is 9.84 Å². The van der Waals surface area contributed by atoms with Crippen molar-refractivity contribution in [3.8, 4) is 0 Å². The summed E-state index contributed by atoms with van der Waals surface area (Å²) in [6, 6.07) is 0. The van der Waals surface area contributed by atoms with Gasteiger partial charge in [-0.1, -0.05) is 13.8 Å². The molecule has 0 bridgehead atoms. The Kier molecular flexibility index (Phi) is 5.80. The minimum atomic E-state index is -2.79. The Morgan fingerprint density at radius 2 is 1.82 bits per heavy atom. The maximum absolute atomic E-state index is 11.5. The van der Waals surface area contributed by atoms with E-state index in [0.29, 0.717) is 18.1 Å². The Bertz CT molecular complexity index is 315. The number of nitrogens with zero attached hydrogens (tertiary/aromatic N) is 1. The summed E-state index contributed by atoms with van der Waals surface area (Å²) < 4.78 is 23.1. The number of hydrogen-bond acceptors (Lipinski definition) is 4. The summed E-state index contributed by atoms with van der Waals surface area (Å²) in [6.07, 6.45) is 2.99. The van der Waals surface area contributed by atoms with E-state index in [2.05, 4.69) is 31.4 Å². The van der Waals surface area contributed by atoms with E-state index in [0.717, 1.165) is 38.1 Å². The maximum atomic E-state index is 11.5. The van der Waals surface area contributed by atoms with Crippen LogP contribution in [0.4, 0.5) is 0 Å². The molecule has 0 N–H and O–H groups in total. The quantitative estimate of drug-likeness (QED) is 0.780. The lowest BCUT2D eigenvalue weighted by Crippen LogP contribution is -2.40. The van der Waals surface area contributed by atoms with Crippen LogP contribution < -0.4 is 0 Å². The van der Waals surface area contributed by atoms with Crippen LogP contribution in [-0.4, -0.2) is 50.2 Å². The highest BCUT2D eigenvalue weighted by Gasteiger charge is 2.29. The van der Waals surface area contributed by atoms with Crippen LogP contribution in [0.2, 0.25) is 0 Å². The molecular formula is C12H25NO2S2. The van der Waals surface area contributed by atoms with Gasteiger partial charge in [-0.25, -0.2) is 8.42 Å². The van der Waals surface area contributed by atoms with E-state index in [-0.39, 0.29) is 5.41 Å². The Morgan fingerprint density at radius 3 is 2.35 bits per heavy atom. The molecule has 0 aliphatic carbocycles. The molecule has 1 aliphatic heterocycles. The van der Waals surface area contributed by atoms with E-state index in [1.165, 1.54) is 0 Å². The van der Waals surface area contributed by atoms with Crippen LogP contribution in [-0.2, 0) is 9.84 Å². The van der Waals surface area contributed by atoms with Crippen LogP contribution in [0.15, 0.2) is 0 Å². The second-order valence-electron chi connectivity index (χ2n) is 5.15. The number of thiol groups is 1. The van der Waals surface area contributed by atoms with Crippen molar-refractivity contribution < 1.29 is 8.42 Å². The van der Waals surface area contributed by atoms with Gasteiger partial charge in [0.2, 0.25) is 0 Å². The van der Waals surface area contributed by atoms with Crippen molar-refractivity contribution in [2.45, 2.75) is 33.1 Å². The molecule has 1 heterocycles. The Hall–Kier alpha value is 0.260. The predicted molar refractivity (Wildman–Crippen MR) is 76.6 cm³/mol. The maximum Gasteiger partial charge on any atom is 0.151 e. The molecule has 0 amide bonds. The smallest absolute Gasteiger partial charge is 0.151 e. The van der Waals surface area contributed by atoms with Crippen LogP contribution in [0, 0.1) is 5.41 Å². The van der Waals surface area contributed by atoms with E-state index in [1.54, 1.807) is 0 Å². The Morgan fingerprint density at radius 1 is 1.18 bits per heavy atom. The summed E-state index contributed by atoms with van der Waals surface area (Å²) in [7, 11) is -2.79. The first-order chi connectivity index (χ1) is 7.97. The fourth-order valence-electron chi connectivity index (χ4n) is 2.37. The SMILES string of the molecule is CCC(CC)(CS)CN1CCCS(=O)(=O)CC1. The highest BCUT2D eigenvalue weighted by molar-refractivity contribution is 7.91. The van der Waals surface area contributed by atoms with Gasteiger partial charge in [-0.05, 0) is 37.0 Å². The molecular weight excluding hydrogens is 254 g/mol. The lowest BCUT2D eigenvalue weighted by Gasteiger charge is -2.35. The third kappa shape index (κ3) is 4.45. The molecule has 1 rings (SSSR count). The molecule has 0 radical (unpaired) electrons. The summed E-state index contributed by atoms with van der Waals surface area (Å²) >= 11 is 4.48. The minimum Gasteiger partial charge on any atom is -0.302 e. The second-order valence-corrected chi connectivity index (χ2v) is 7.77. The molecule has 3 nitrogen and oxygen atoms in total. The van der Waals surface area contributed by atoms with Crippen molar-refractivity contribution in [3.63, 3.8) is 0 Å². The zero-order valence-corrected chi connectivity index (χ0v) is 12.7. The topological polar surface area (TPSA) is 37.4 Å². The monoisotopic (exact) mass is 279 g/mol. The molecule has 1 saturated heterocycles. The zero-order chi connectivity index (χ0) is 12.9. The zero-order valence-electron chi connectivity index (χ0n) is 11.0. The van der Waals surface area contributed by atoms with Crippen LogP contribution in [0.1, 0.15) is 33.1 Å². The van der Waals surface area contributed by atoms with Gasteiger partial charge in [0.15, 0.2) is 9.84 Å². The van der Waals surface area contributed by atoms with Crippen LogP contribution >= 0.6 is 12.6 Å². The summed E-state index contributed by atoms with van der Waals surface area (Å²) in [4.78, 5) is 2.31. The molecule has 0 atom stereocenters. The van der Waals surface area contributed by atoms with Gasteiger partial charge in [0.25, 0.3) is 0 Å². The van der Waals surface area contributed by atoms with Crippen molar-refractivity contribution in [1.82, 2.24) is 4.90 Å². The van der Waals surface area contributed by atoms with E-state index in [4.69, 9.17) is 0 Å². The molecule has 0 unspecified atom stereocenters. The molecule has 102 valence electrons. The largest absolute Gasteiger partial charge is 0.302 e. The minimum absolute atomic E-state index is 0.247. The average Bonchev–Trinajstić information content (AvgIpc) is 2.48. The second kappa shape index (κ2) is 6.43. The van der Waals surface area contributed by atoms with Crippen LogP contribution in [0.25, 0.3) is 0 Å².